The molecule has 3 rings (SSSR count). The average Bonchev–Trinajstić information content (AvgIpc) is 3.24. The van der Waals surface area contributed by atoms with Crippen molar-refractivity contribution in [2.24, 2.45) is 0 Å². The Morgan fingerprint density at radius 2 is 1.63 bits per heavy atom. The first-order chi connectivity index (χ1) is 13.3. The van der Waals surface area contributed by atoms with Crippen LogP contribution in [0.5, 0.6) is 0 Å². The molecule has 138 valence electrons. The number of rotatable bonds is 9. The smallest absolute Gasteiger partial charge is 0.252 e. The highest BCUT2D eigenvalue weighted by Gasteiger charge is 2.17. The molecule has 5 nitrogen and oxygen atoms in total. The van der Waals surface area contributed by atoms with Crippen molar-refractivity contribution >= 4 is 11.7 Å². The van der Waals surface area contributed by atoms with Crippen molar-refractivity contribution < 1.29 is 18.7 Å². The topological polar surface area (TPSA) is 68.5 Å². The fraction of sp³-hybridized carbons (Fsp3) is 0.182. The van der Waals surface area contributed by atoms with E-state index in [4.69, 9.17) is 9.15 Å². The molecule has 0 aliphatic heterocycles. The fourth-order valence-electron chi connectivity index (χ4n) is 2.66. The van der Waals surface area contributed by atoms with Gasteiger partial charge in [-0.15, -0.1) is 0 Å². The van der Waals surface area contributed by atoms with Crippen LogP contribution in [0.4, 0.5) is 0 Å². The van der Waals surface area contributed by atoms with Gasteiger partial charge in [0.15, 0.2) is 5.78 Å². The maximum absolute atomic E-state index is 12.7. The van der Waals surface area contributed by atoms with Gasteiger partial charge in [-0.1, -0.05) is 48.5 Å². The predicted octanol–water partition coefficient (Wildman–Crippen LogP) is 3.85. The largest absolute Gasteiger partial charge is 0.467 e. The number of carbonyl (C=O) groups is 2. The molecular formula is C22H21NO4. The summed E-state index contributed by atoms with van der Waals surface area (Å²) in [6.07, 6.45) is 2.27. The molecule has 3 aromatic rings. The van der Waals surface area contributed by atoms with Crippen LogP contribution in [0.25, 0.3) is 0 Å². The molecule has 2 aromatic carbocycles. The van der Waals surface area contributed by atoms with Crippen LogP contribution in [0, 0.1) is 0 Å². The van der Waals surface area contributed by atoms with Crippen LogP contribution in [-0.4, -0.2) is 24.8 Å². The van der Waals surface area contributed by atoms with Crippen LogP contribution >= 0.6 is 0 Å². The monoisotopic (exact) mass is 363 g/mol. The normalized spacial score (nSPS) is 10.5. The van der Waals surface area contributed by atoms with E-state index in [0.29, 0.717) is 42.9 Å². The summed E-state index contributed by atoms with van der Waals surface area (Å²) in [6.45, 7) is 1.38. The SMILES string of the molecule is O=C(NCCCOCc1ccco1)c1ccccc1C(=O)c1ccccc1. The summed E-state index contributed by atoms with van der Waals surface area (Å²) in [5, 5.41) is 2.84. The molecule has 5 heteroatoms. The quantitative estimate of drug-likeness (QED) is 0.463. The minimum Gasteiger partial charge on any atom is -0.467 e. The molecule has 1 amide bonds. The van der Waals surface area contributed by atoms with Gasteiger partial charge >= 0.3 is 0 Å². The molecule has 0 atom stereocenters. The summed E-state index contributed by atoms with van der Waals surface area (Å²) in [7, 11) is 0. The summed E-state index contributed by atoms with van der Waals surface area (Å²) in [5.74, 6) is 0.344. The molecule has 1 N–H and O–H groups in total. The van der Waals surface area contributed by atoms with Crippen LogP contribution in [0.15, 0.2) is 77.4 Å². The number of furan rings is 1. The first-order valence-corrected chi connectivity index (χ1v) is 8.83. The number of ketones is 1. The molecular weight excluding hydrogens is 342 g/mol. The Labute approximate surface area is 158 Å². The third kappa shape index (κ3) is 5.15. The van der Waals surface area contributed by atoms with Gasteiger partial charge in [0.05, 0.1) is 11.8 Å². The van der Waals surface area contributed by atoms with E-state index in [1.54, 1.807) is 54.8 Å². The molecule has 1 aromatic heterocycles. The van der Waals surface area contributed by atoms with E-state index >= 15 is 0 Å². The van der Waals surface area contributed by atoms with Crippen molar-refractivity contribution in [2.45, 2.75) is 13.0 Å². The fourth-order valence-corrected chi connectivity index (χ4v) is 2.66. The Balaban J connectivity index is 1.52. The van der Waals surface area contributed by atoms with E-state index in [-0.39, 0.29) is 11.7 Å². The second kappa shape index (κ2) is 9.50. The lowest BCUT2D eigenvalue weighted by Gasteiger charge is -2.10. The second-order valence-electron chi connectivity index (χ2n) is 5.98. The second-order valence-corrected chi connectivity index (χ2v) is 5.98. The third-order valence-corrected chi connectivity index (χ3v) is 4.03. The van der Waals surface area contributed by atoms with Gasteiger partial charge in [0.2, 0.25) is 0 Å². The summed E-state index contributed by atoms with van der Waals surface area (Å²) in [4.78, 5) is 25.2. The number of ether oxygens (including phenoxy) is 1. The summed E-state index contributed by atoms with van der Waals surface area (Å²) >= 11 is 0. The highest BCUT2D eigenvalue weighted by molar-refractivity contribution is 6.15. The number of carbonyl (C=O) groups excluding carboxylic acids is 2. The Morgan fingerprint density at radius 3 is 2.37 bits per heavy atom. The van der Waals surface area contributed by atoms with Crippen molar-refractivity contribution in [1.29, 1.82) is 0 Å². The Bertz CT molecular complexity index is 872. The first kappa shape index (κ1) is 18.6. The van der Waals surface area contributed by atoms with Crippen LogP contribution in [-0.2, 0) is 11.3 Å². The van der Waals surface area contributed by atoms with Crippen molar-refractivity contribution in [3.05, 3.63) is 95.4 Å². The van der Waals surface area contributed by atoms with Crippen LogP contribution in [0.1, 0.15) is 38.5 Å². The number of nitrogens with one attached hydrogen (secondary N) is 1. The number of hydrogen-bond acceptors (Lipinski definition) is 4. The van der Waals surface area contributed by atoms with Crippen LogP contribution in [0.3, 0.4) is 0 Å². The van der Waals surface area contributed by atoms with Gasteiger partial charge in [0.1, 0.15) is 12.4 Å². The van der Waals surface area contributed by atoms with Crippen molar-refractivity contribution in [1.82, 2.24) is 5.32 Å². The van der Waals surface area contributed by atoms with Gasteiger partial charge in [-0.3, -0.25) is 9.59 Å². The van der Waals surface area contributed by atoms with E-state index in [2.05, 4.69) is 5.32 Å². The summed E-state index contributed by atoms with van der Waals surface area (Å²) in [5.41, 5.74) is 1.34. The van der Waals surface area contributed by atoms with E-state index < -0.39 is 0 Å². The lowest BCUT2D eigenvalue weighted by molar-refractivity contribution is 0.0910. The molecule has 0 bridgehead atoms. The predicted molar refractivity (Wildman–Crippen MR) is 102 cm³/mol. The van der Waals surface area contributed by atoms with Gasteiger partial charge in [-0.05, 0) is 24.6 Å². The zero-order chi connectivity index (χ0) is 18.9. The molecule has 27 heavy (non-hydrogen) atoms. The average molecular weight is 363 g/mol. The number of hydrogen-bond donors (Lipinski definition) is 1. The first-order valence-electron chi connectivity index (χ1n) is 8.83. The third-order valence-electron chi connectivity index (χ3n) is 4.03. The molecule has 0 aliphatic rings. The summed E-state index contributed by atoms with van der Waals surface area (Å²) in [6, 6.07) is 19.5. The maximum Gasteiger partial charge on any atom is 0.252 e. The molecule has 0 unspecified atom stereocenters. The number of benzene rings is 2. The molecule has 0 radical (unpaired) electrons. The lowest BCUT2D eigenvalue weighted by atomic mass is 9.98. The minimum absolute atomic E-state index is 0.164. The molecule has 0 spiro atoms. The van der Waals surface area contributed by atoms with Gasteiger partial charge in [-0.25, -0.2) is 0 Å². The number of amides is 1. The molecule has 1 heterocycles. The van der Waals surface area contributed by atoms with Gasteiger partial charge in [0.25, 0.3) is 5.91 Å². The van der Waals surface area contributed by atoms with E-state index in [1.165, 1.54) is 0 Å². The molecule has 0 fully saturated rings. The Hall–Kier alpha value is -3.18. The highest BCUT2D eigenvalue weighted by atomic mass is 16.5. The maximum atomic E-state index is 12.7. The zero-order valence-electron chi connectivity index (χ0n) is 14.9. The highest BCUT2D eigenvalue weighted by Crippen LogP contribution is 2.14. The molecule has 0 aliphatic carbocycles. The van der Waals surface area contributed by atoms with Crippen molar-refractivity contribution in [3.8, 4) is 0 Å². The molecule has 0 saturated carbocycles. The van der Waals surface area contributed by atoms with Crippen molar-refractivity contribution in [3.63, 3.8) is 0 Å². The minimum atomic E-state index is -0.263. The summed E-state index contributed by atoms with van der Waals surface area (Å²) < 4.78 is 10.7. The van der Waals surface area contributed by atoms with Crippen LogP contribution < -0.4 is 5.32 Å². The van der Waals surface area contributed by atoms with Gasteiger partial charge in [0, 0.05) is 24.3 Å². The van der Waals surface area contributed by atoms with Gasteiger partial charge < -0.3 is 14.5 Å². The van der Waals surface area contributed by atoms with Gasteiger partial charge in [-0.2, -0.15) is 0 Å². The molecule has 0 saturated heterocycles. The standard InChI is InChI=1S/C22H21NO4/c24-21(17-8-2-1-3-9-17)19-11-4-5-12-20(19)22(25)23-13-7-14-26-16-18-10-6-15-27-18/h1-6,8-12,15H,7,13-14,16H2,(H,23,25). The lowest BCUT2D eigenvalue weighted by Crippen LogP contribution is -2.27. The van der Waals surface area contributed by atoms with E-state index in [1.807, 2.05) is 18.2 Å². The van der Waals surface area contributed by atoms with Crippen LogP contribution in [0.2, 0.25) is 0 Å². The Morgan fingerprint density at radius 1 is 0.889 bits per heavy atom. The van der Waals surface area contributed by atoms with E-state index in [9.17, 15) is 9.59 Å². The zero-order valence-corrected chi connectivity index (χ0v) is 14.9. The van der Waals surface area contributed by atoms with E-state index in [0.717, 1.165) is 5.76 Å². The van der Waals surface area contributed by atoms with Crippen molar-refractivity contribution in [2.75, 3.05) is 13.2 Å². The Kier molecular flexibility index (Phi) is 6.55.